The summed E-state index contributed by atoms with van der Waals surface area (Å²) in [6.07, 6.45) is 2.92. The number of nitrogens with two attached hydrogens (primary N) is 1. The maximum atomic E-state index is 13.6. The quantitative estimate of drug-likeness (QED) is 0.586. The molecule has 0 bridgehead atoms. The van der Waals surface area contributed by atoms with Gasteiger partial charge in [0.05, 0.1) is 12.9 Å². The van der Waals surface area contributed by atoms with Gasteiger partial charge in [-0.25, -0.2) is 4.39 Å². The van der Waals surface area contributed by atoms with Crippen LogP contribution in [0.25, 0.3) is 0 Å². The van der Waals surface area contributed by atoms with Gasteiger partial charge in [-0.1, -0.05) is 6.07 Å². The van der Waals surface area contributed by atoms with Crippen LogP contribution in [-0.2, 0) is 6.54 Å². The molecule has 1 aliphatic carbocycles. The molecular weight excluding hydrogens is 245 g/mol. The van der Waals surface area contributed by atoms with E-state index < -0.39 is 0 Å². The highest BCUT2D eigenvalue weighted by Crippen LogP contribution is 2.29. The van der Waals surface area contributed by atoms with Gasteiger partial charge in [0.15, 0.2) is 11.6 Å². The summed E-state index contributed by atoms with van der Waals surface area (Å²) in [4.78, 5) is 2.27. The maximum Gasteiger partial charge on any atom is 0.165 e. The SMILES string of the molecule is COc1ccc(CN(CCC(=N)N)C2CC2)cc1F. The fraction of sp³-hybridized carbons (Fsp3) is 0.500. The molecule has 0 saturated heterocycles. The minimum atomic E-state index is -0.331. The van der Waals surface area contributed by atoms with Crippen molar-refractivity contribution in [2.24, 2.45) is 5.73 Å². The molecule has 1 fully saturated rings. The zero-order valence-corrected chi connectivity index (χ0v) is 11.2. The molecule has 0 radical (unpaired) electrons. The number of nitrogens with zero attached hydrogens (tertiary/aromatic N) is 1. The molecule has 5 heteroatoms. The van der Waals surface area contributed by atoms with Crippen LogP contribution < -0.4 is 10.5 Å². The second kappa shape index (κ2) is 6.02. The average Bonchev–Trinajstić information content (AvgIpc) is 3.18. The van der Waals surface area contributed by atoms with E-state index in [1.165, 1.54) is 26.0 Å². The lowest BCUT2D eigenvalue weighted by Crippen LogP contribution is -2.29. The van der Waals surface area contributed by atoms with E-state index in [1.54, 1.807) is 6.07 Å². The van der Waals surface area contributed by atoms with Gasteiger partial charge in [0, 0.05) is 25.6 Å². The van der Waals surface area contributed by atoms with Gasteiger partial charge < -0.3 is 10.5 Å². The van der Waals surface area contributed by atoms with Gasteiger partial charge in [-0.3, -0.25) is 10.3 Å². The Morgan fingerprint density at radius 2 is 2.26 bits per heavy atom. The third-order valence-corrected chi connectivity index (χ3v) is 3.33. The first-order valence-corrected chi connectivity index (χ1v) is 6.49. The van der Waals surface area contributed by atoms with E-state index in [4.69, 9.17) is 15.9 Å². The normalized spacial score (nSPS) is 14.7. The molecule has 1 aliphatic rings. The van der Waals surface area contributed by atoms with E-state index in [1.807, 2.05) is 6.07 Å². The zero-order chi connectivity index (χ0) is 13.8. The van der Waals surface area contributed by atoms with Crippen molar-refractivity contribution in [2.45, 2.75) is 31.8 Å². The molecule has 4 nitrogen and oxygen atoms in total. The van der Waals surface area contributed by atoms with Crippen LogP contribution in [0.5, 0.6) is 5.75 Å². The van der Waals surface area contributed by atoms with Gasteiger partial charge in [-0.2, -0.15) is 0 Å². The molecule has 2 rings (SSSR count). The standard InChI is InChI=1S/C14H20FN3O/c1-19-13-5-2-10(8-12(13)15)9-18(11-3-4-11)7-6-14(16)17/h2,5,8,11H,3-4,6-7,9H2,1H3,(H3,16,17). The second-order valence-corrected chi connectivity index (χ2v) is 4.95. The largest absolute Gasteiger partial charge is 0.494 e. The number of hydrogen-bond donors (Lipinski definition) is 2. The molecule has 1 aromatic rings. The molecule has 0 heterocycles. The van der Waals surface area contributed by atoms with Crippen molar-refractivity contribution in [3.63, 3.8) is 0 Å². The van der Waals surface area contributed by atoms with E-state index in [-0.39, 0.29) is 17.4 Å². The van der Waals surface area contributed by atoms with Crippen molar-refractivity contribution in [1.29, 1.82) is 5.41 Å². The van der Waals surface area contributed by atoms with Crippen LogP contribution in [0.2, 0.25) is 0 Å². The Morgan fingerprint density at radius 3 is 2.79 bits per heavy atom. The highest BCUT2D eigenvalue weighted by molar-refractivity contribution is 5.76. The van der Waals surface area contributed by atoms with Crippen molar-refractivity contribution >= 4 is 5.84 Å². The van der Waals surface area contributed by atoms with Gasteiger partial charge in [0.25, 0.3) is 0 Å². The number of amidine groups is 1. The van der Waals surface area contributed by atoms with Gasteiger partial charge in [-0.15, -0.1) is 0 Å². The molecule has 104 valence electrons. The topological polar surface area (TPSA) is 62.3 Å². The van der Waals surface area contributed by atoms with Crippen molar-refractivity contribution < 1.29 is 9.13 Å². The minimum absolute atomic E-state index is 0.201. The summed E-state index contributed by atoms with van der Waals surface area (Å²) in [7, 11) is 1.46. The third kappa shape index (κ3) is 3.92. The highest BCUT2D eigenvalue weighted by Gasteiger charge is 2.28. The number of nitrogens with one attached hydrogen (secondary N) is 1. The smallest absolute Gasteiger partial charge is 0.165 e. The second-order valence-electron chi connectivity index (χ2n) is 4.95. The Kier molecular flexibility index (Phi) is 4.37. The highest BCUT2D eigenvalue weighted by atomic mass is 19.1. The molecule has 1 saturated carbocycles. The van der Waals surface area contributed by atoms with Gasteiger partial charge in [0.2, 0.25) is 0 Å². The lowest BCUT2D eigenvalue weighted by Gasteiger charge is -2.22. The first kappa shape index (κ1) is 13.8. The maximum absolute atomic E-state index is 13.6. The molecule has 0 spiro atoms. The molecule has 3 N–H and O–H groups in total. The Hall–Kier alpha value is -1.62. The molecule has 0 aliphatic heterocycles. The molecule has 0 aromatic heterocycles. The Morgan fingerprint density at radius 1 is 1.53 bits per heavy atom. The predicted molar refractivity (Wildman–Crippen MR) is 72.9 cm³/mol. The number of methoxy groups -OCH3 is 1. The van der Waals surface area contributed by atoms with E-state index >= 15 is 0 Å². The fourth-order valence-corrected chi connectivity index (χ4v) is 2.14. The van der Waals surface area contributed by atoms with E-state index in [0.29, 0.717) is 19.0 Å². The summed E-state index contributed by atoms with van der Waals surface area (Å²) < 4.78 is 18.5. The van der Waals surface area contributed by atoms with Gasteiger partial charge >= 0.3 is 0 Å². The van der Waals surface area contributed by atoms with Crippen molar-refractivity contribution in [3.8, 4) is 5.75 Å². The van der Waals surface area contributed by atoms with Crippen molar-refractivity contribution in [1.82, 2.24) is 4.90 Å². The zero-order valence-electron chi connectivity index (χ0n) is 11.2. The van der Waals surface area contributed by atoms with Crippen LogP contribution in [0.1, 0.15) is 24.8 Å². The molecule has 0 amide bonds. The summed E-state index contributed by atoms with van der Waals surface area (Å²) in [6, 6.07) is 5.61. The van der Waals surface area contributed by atoms with E-state index in [9.17, 15) is 4.39 Å². The van der Waals surface area contributed by atoms with Crippen LogP contribution in [0.15, 0.2) is 18.2 Å². The number of ether oxygens (including phenoxy) is 1. The molecule has 0 atom stereocenters. The summed E-state index contributed by atoms with van der Waals surface area (Å²) in [6.45, 7) is 1.45. The van der Waals surface area contributed by atoms with Gasteiger partial charge in [-0.05, 0) is 30.5 Å². The summed E-state index contributed by atoms with van der Waals surface area (Å²) in [5.41, 5.74) is 6.32. The minimum Gasteiger partial charge on any atom is -0.494 e. The monoisotopic (exact) mass is 265 g/mol. The number of rotatable bonds is 7. The fourth-order valence-electron chi connectivity index (χ4n) is 2.14. The molecule has 0 unspecified atom stereocenters. The van der Waals surface area contributed by atoms with E-state index in [2.05, 4.69) is 4.90 Å². The first-order valence-electron chi connectivity index (χ1n) is 6.49. The van der Waals surface area contributed by atoms with Crippen LogP contribution in [0, 0.1) is 11.2 Å². The van der Waals surface area contributed by atoms with Crippen LogP contribution in [0.3, 0.4) is 0 Å². The Balaban J connectivity index is 2.00. The Bertz CT molecular complexity index is 460. The summed E-state index contributed by atoms with van der Waals surface area (Å²) >= 11 is 0. The van der Waals surface area contributed by atoms with Crippen molar-refractivity contribution in [3.05, 3.63) is 29.6 Å². The Labute approximate surface area is 112 Å². The van der Waals surface area contributed by atoms with Crippen LogP contribution in [-0.4, -0.2) is 30.4 Å². The molecular formula is C14H20FN3O. The van der Waals surface area contributed by atoms with E-state index in [0.717, 1.165) is 12.1 Å². The first-order chi connectivity index (χ1) is 9.10. The summed E-state index contributed by atoms with van der Waals surface area (Å²) in [5.74, 6) is 0.138. The molecule has 1 aromatic carbocycles. The van der Waals surface area contributed by atoms with Crippen molar-refractivity contribution in [2.75, 3.05) is 13.7 Å². The third-order valence-electron chi connectivity index (χ3n) is 3.33. The van der Waals surface area contributed by atoms with Gasteiger partial charge in [0.1, 0.15) is 0 Å². The van der Waals surface area contributed by atoms with Crippen LogP contribution in [0.4, 0.5) is 4.39 Å². The number of hydrogen-bond acceptors (Lipinski definition) is 3. The molecule has 19 heavy (non-hydrogen) atoms. The predicted octanol–water partition coefficient (Wildman–Crippen LogP) is 2.12. The lowest BCUT2D eigenvalue weighted by atomic mass is 10.2. The summed E-state index contributed by atoms with van der Waals surface area (Å²) in [5, 5.41) is 7.29. The number of halogens is 1. The van der Waals surface area contributed by atoms with Crippen LogP contribution >= 0.6 is 0 Å². The lowest BCUT2D eigenvalue weighted by molar-refractivity contribution is 0.261. The number of benzene rings is 1. The average molecular weight is 265 g/mol.